The average Bonchev–Trinajstić information content (AvgIpc) is 3.25. The van der Waals surface area contributed by atoms with Gasteiger partial charge in [0.05, 0.1) is 13.1 Å². The highest BCUT2D eigenvalue weighted by Gasteiger charge is 2.07. The van der Waals surface area contributed by atoms with Crippen LogP contribution in [-0.2, 0) is 13.1 Å². The van der Waals surface area contributed by atoms with Crippen molar-refractivity contribution in [3.63, 3.8) is 0 Å². The second kappa shape index (κ2) is 7.74. The van der Waals surface area contributed by atoms with Gasteiger partial charge in [0, 0.05) is 29.8 Å². The van der Waals surface area contributed by atoms with Crippen molar-refractivity contribution in [2.45, 2.75) is 20.0 Å². The van der Waals surface area contributed by atoms with E-state index in [1.54, 1.807) is 18.4 Å². The number of aryl methyl sites for hydroxylation is 1. The van der Waals surface area contributed by atoms with E-state index in [9.17, 15) is 0 Å². The van der Waals surface area contributed by atoms with Gasteiger partial charge in [-0.1, -0.05) is 35.5 Å². The minimum absolute atomic E-state index is 0.535. The van der Waals surface area contributed by atoms with Crippen molar-refractivity contribution >= 4 is 17.3 Å². The smallest absolute Gasteiger partial charge is 0.191 e. The maximum absolute atomic E-state index is 5.39. The Labute approximate surface area is 144 Å². The topological polar surface area (TPSA) is 75.3 Å². The van der Waals surface area contributed by atoms with Crippen LogP contribution in [0.25, 0.3) is 11.3 Å². The lowest BCUT2D eigenvalue weighted by atomic mass is 10.2. The number of benzene rings is 1. The molecule has 0 unspecified atom stereocenters. The van der Waals surface area contributed by atoms with E-state index in [2.05, 4.69) is 25.8 Å². The number of guanidine groups is 1. The Kier molecular flexibility index (Phi) is 5.22. The molecule has 2 heterocycles. The first-order chi connectivity index (χ1) is 11.7. The maximum atomic E-state index is 5.39. The Morgan fingerprint density at radius 1 is 1.21 bits per heavy atom. The third kappa shape index (κ3) is 4.20. The molecular formula is C17H19N5OS. The van der Waals surface area contributed by atoms with Gasteiger partial charge in [-0.3, -0.25) is 4.99 Å². The lowest BCUT2D eigenvalue weighted by molar-refractivity contribution is 0.422. The average molecular weight is 341 g/mol. The number of thiazole rings is 1. The summed E-state index contributed by atoms with van der Waals surface area (Å²) in [6.45, 7) is 3.22. The van der Waals surface area contributed by atoms with Crippen LogP contribution in [0.3, 0.4) is 0 Å². The van der Waals surface area contributed by atoms with Crippen LogP contribution in [0.5, 0.6) is 0 Å². The molecule has 124 valence electrons. The molecule has 0 aliphatic heterocycles. The summed E-state index contributed by atoms with van der Waals surface area (Å²) >= 11 is 1.67. The monoisotopic (exact) mass is 341 g/mol. The second-order valence-corrected chi connectivity index (χ2v) is 6.51. The highest BCUT2D eigenvalue weighted by atomic mass is 32.1. The summed E-state index contributed by atoms with van der Waals surface area (Å²) in [4.78, 5) is 9.73. The molecule has 0 fully saturated rings. The zero-order chi connectivity index (χ0) is 16.8. The van der Waals surface area contributed by atoms with Crippen molar-refractivity contribution in [2.75, 3.05) is 7.05 Å². The molecule has 0 atom stereocenters. The van der Waals surface area contributed by atoms with Crippen LogP contribution in [0.2, 0.25) is 0 Å². The number of hydrogen-bond acceptors (Lipinski definition) is 5. The van der Waals surface area contributed by atoms with E-state index in [1.807, 2.05) is 49.5 Å². The molecule has 6 nitrogen and oxygen atoms in total. The molecule has 3 aromatic rings. The molecule has 0 aliphatic rings. The minimum Gasteiger partial charge on any atom is -0.356 e. The van der Waals surface area contributed by atoms with E-state index >= 15 is 0 Å². The number of rotatable bonds is 5. The lowest BCUT2D eigenvalue weighted by Gasteiger charge is -2.09. The van der Waals surface area contributed by atoms with Crippen LogP contribution in [0.1, 0.15) is 15.6 Å². The summed E-state index contributed by atoms with van der Waals surface area (Å²) in [5, 5.41) is 11.6. The van der Waals surface area contributed by atoms with Crippen LogP contribution >= 0.6 is 11.3 Å². The zero-order valence-corrected chi connectivity index (χ0v) is 14.4. The van der Waals surface area contributed by atoms with E-state index in [-0.39, 0.29) is 0 Å². The molecule has 2 aromatic heterocycles. The van der Waals surface area contributed by atoms with Crippen LogP contribution in [0.15, 0.2) is 52.1 Å². The van der Waals surface area contributed by atoms with Crippen LogP contribution in [0, 0.1) is 6.92 Å². The van der Waals surface area contributed by atoms with Gasteiger partial charge in [-0.25, -0.2) is 4.98 Å². The minimum atomic E-state index is 0.535. The second-order valence-electron chi connectivity index (χ2n) is 5.19. The van der Waals surface area contributed by atoms with Gasteiger partial charge in [0.25, 0.3) is 0 Å². The molecule has 0 aliphatic carbocycles. The Hall–Kier alpha value is -2.67. The molecule has 0 amide bonds. The number of aliphatic imine (C=N–C) groups is 1. The third-order valence-corrected chi connectivity index (χ3v) is 4.27. The van der Waals surface area contributed by atoms with Gasteiger partial charge in [0.15, 0.2) is 11.7 Å². The molecule has 0 saturated carbocycles. The fraction of sp³-hybridized carbons (Fsp3) is 0.235. The Bertz CT molecular complexity index is 809. The van der Waals surface area contributed by atoms with Crippen molar-refractivity contribution < 1.29 is 4.52 Å². The number of nitrogens with one attached hydrogen (secondary N) is 2. The highest BCUT2D eigenvalue weighted by Crippen LogP contribution is 2.19. The van der Waals surface area contributed by atoms with Gasteiger partial charge >= 0.3 is 0 Å². The molecule has 3 rings (SSSR count). The molecule has 1 aromatic carbocycles. The van der Waals surface area contributed by atoms with E-state index in [0.717, 1.165) is 22.0 Å². The van der Waals surface area contributed by atoms with Gasteiger partial charge in [-0.05, 0) is 6.92 Å². The van der Waals surface area contributed by atoms with Crippen molar-refractivity contribution in [1.29, 1.82) is 0 Å². The largest absolute Gasteiger partial charge is 0.356 e. The Morgan fingerprint density at radius 2 is 2.00 bits per heavy atom. The third-order valence-electron chi connectivity index (χ3n) is 3.35. The van der Waals surface area contributed by atoms with Crippen molar-refractivity contribution in [3.05, 3.63) is 58.2 Å². The van der Waals surface area contributed by atoms with Crippen LogP contribution in [0.4, 0.5) is 0 Å². The Balaban J connectivity index is 1.53. The molecule has 24 heavy (non-hydrogen) atoms. The van der Waals surface area contributed by atoms with Gasteiger partial charge < -0.3 is 15.2 Å². The first kappa shape index (κ1) is 16.2. The van der Waals surface area contributed by atoms with Gasteiger partial charge in [-0.2, -0.15) is 0 Å². The van der Waals surface area contributed by atoms with Crippen LogP contribution in [-0.4, -0.2) is 23.1 Å². The first-order valence-corrected chi connectivity index (χ1v) is 8.43. The molecular weight excluding hydrogens is 322 g/mol. The number of nitrogens with zero attached hydrogens (tertiary/aromatic N) is 3. The molecule has 0 bridgehead atoms. The standard InChI is InChI=1S/C17H19N5OS/c1-12-9-19-16(24-12)11-21-17(18-2)20-10-14-8-15(23-22-14)13-6-4-3-5-7-13/h3-9H,10-11H2,1-2H3,(H2,18,20,21). The van der Waals surface area contributed by atoms with E-state index in [1.165, 1.54) is 4.88 Å². The fourth-order valence-corrected chi connectivity index (χ4v) is 2.90. The zero-order valence-electron chi connectivity index (χ0n) is 13.6. The normalized spacial score (nSPS) is 11.5. The molecule has 2 N–H and O–H groups in total. The maximum Gasteiger partial charge on any atom is 0.191 e. The summed E-state index contributed by atoms with van der Waals surface area (Å²) in [7, 11) is 1.74. The highest BCUT2D eigenvalue weighted by molar-refractivity contribution is 7.11. The van der Waals surface area contributed by atoms with Gasteiger partial charge in [0.2, 0.25) is 0 Å². The summed E-state index contributed by atoms with van der Waals surface area (Å²) in [6.07, 6.45) is 1.87. The van der Waals surface area contributed by atoms with Gasteiger partial charge in [0.1, 0.15) is 10.7 Å². The summed E-state index contributed by atoms with van der Waals surface area (Å²) < 4.78 is 5.39. The number of hydrogen-bond donors (Lipinski definition) is 2. The first-order valence-electron chi connectivity index (χ1n) is 7.61. The SMILES string of the molecule is CN=C(NCc1cc(-c2ccccc2)on1)NCc1ncc(C)s1. The van der Waals surface area contributed by atoms with E-state index in [4.69, 9.17) is 4.52 Å². The van der Waals surface area contributed by atoms with Crippen molar-refractivity contribution in [3.8, 4) is 11.3 Å². The van der Waals surface area contributed by atoms with E-state index in [0.29, 0.717) is 19.0 Å². The Morgan fingerprint density at radius 3 is 2.71 bits per heavy atom. The lowest BCUT2D eigenvalue weighted by Crippen LogP contribution is -2.36. The number of aromatic nitrogens is 2. The van der Waals surface area contributed by atoms with Crippen LogP contribution < -0.4 is 10.6 Å². The fourth-order valence-electron chi connectivity index (χ4n) is 2.17. The molecule has 0 spiro atoms. The molecule has 0 radical (unpaired) electrons. The summed E-state index contributed by atoms with van der Waals surface area (Å²) in [5.74, 6) is 1.46. The summed E-state index contributed by atoms with van der Waals surface area (Å²) in [5.41, 5.74) is 1.83. The van der Waals surface area contributed by atoms with Crippen molar-refractivity contribution in [1.82, 2.24) is 20.8 Å². The van der Waals surface area contributed by atoms with Gasteiger partial charge in [-0.15, -0.1) is 11.3 Å². The summed E-state index contributed by atoms with van der Waals surface area (Å²) in [6, 6.07) is 11.8. The molecule has 7 heteroatoms. The quantitative estimate of drug-likeness (QED) is 0.551. The molecule has 0 saturated heterocycles. The predicted octanol–water partition coefficient (Wildman–Crippen LogP) is 2.97. The van der Waals surface area contributed by atoms with E-state index < -0.39 is 0 Å². The van der Waals surface area contributed by atoms with Crippen molar-refractivity contribution in [2.24, 2.45) is 4.99 Å². The predicted molar refractivity (Wildman–Crippen MR) is 95.8 cm³/mol.